The van der Waals surface area contributed by atoms with Crippen LogP contribution in [0.5, 0.6) is 0 Å². The van der Waals surface area contributed by atoms with Crippen molar-refractivity contribution >= 4 is 17.5 Å². The maximum absolute atomic E-state index is 13.0. The number of carbonyl (C=O) groups is 1. The van der Waals surface area contributed by atoms with E-state index in [1.807, 2.05) is 40.8 Å². The van der Waals surface area contributed by atoms with Crippen molar-refractivity contribution < 1.29 is 9.32 Å². The second-order valence-electron chi connectivity index (χ2n) is 10.5. The third kappa shape index (κ3) is 5.23. The first-order valence-corrected chi connectivity index (χ1v) is 12.6. The number of nitrogens with one attached hydrogen (secondary N) is 2. The summed E-state index contributed by atoms with van der Waals surface area (Å²) in [5, 5.41) is 14.6. The fourth-order valence-corrected chi connectivity index (χ4v) is 4.46. The number of fused-ring (bicyclic) bond motifs is 1. The molecule has 3 aromatic heterocycles. The molecule has 37 heavy (non-hydrogen) atoms. The van der Waals surface area contributed by atoms with E-state index in [1.165, 1.54) is 5.56 Å². The lowest BCUT2D eigenvalue weighted by molar-refractivity contribution is 0.0921. The first kappa shape index (κ1) is 24.6. The predicted molar refractivity (Wildman–Crippen MR) is 139 cm³/mol. The molecule has 4 aromatic rings. The van der Waals surface area contributed by atoms with Gasteiger partial charge >= 0.3 is 0 Å². The molecule has 1 atom stereocenters. The molecule has 192 valence electrons. The number of amides is 1. The smallest absolute Gasteiger partial charge is 0.293 e. The third-order valence-corrected chi connectivity index (χ3v) is 6.72. The standard InChI is InChI=1S/C27H32N8O2/c1-16-22(15-29-35(16)5)32-26-28-13-12-20(31-26)18-10-11-19-17(14-18)8-6-7-9-21(19)30-24(36)23-33-25(37-34-23)27(2,3)4/h10-15,21H,6-9H2,1-5H3,(H,30,36)(H,28,31,32)/t21-/m1/s1. The first-order chi connectivity index (χ1) is 17.7. The van der Waals surface area contributed by atoms with Crippen LogP contribution in [-0.2, 0) is 18.9 Å². The number of anilines is 2. The summed E-state index contributed by atoms with van der Waals surface area (Å²) in [4.78, 5) is 26.4. The van der Waals surface area contributed by atoms with Crippen LogP contribution in [0.25, 0.3) is 11.3 Å². The summed E-state index contributed by atoms with van der Waals surface area (Å²) in [6, 6.07) is 8.11. The van der Waals surface area contributed by atoms with Gasteiger partial charge in [-0.05, 0) is 49.4 Å². The molecule has 1 aromatic carbocycles. The predicted octanol–water partition coefficient (Wildman–Crippen LogP) is 4.81. The van der Waals surface area contributed by atoms with Crippen molar-refractivity contribution in [3.8, 4) is 11.3 Å². The van der Waals surface area contributed by atoms with Crippen molar-refractivity contribution in [1.82, 2.24) is 35.2 Å². The highest BCUT2D eigenvalue weighted by molar-refractivity contribution is 5.90. The van der Waals surface area contributed by atoms with Gasteiger partial charge in [-0.25, -0.2) is 9.97 Å². The van der Waals surface area contributed by atoms with Gasteiger partial charge in [-0.2, -0.15) is 10.1 Å². The minimum Gasteiger partial charge on any atom is -0.342 e. The zero-order chi connectivity index (χ0) is 26.2. The minimum absolute atomic E-state index is 0.0669. The van der Waals surface area contributed by atoms with Gasteiger partial charge in [0.15, 0.2) is 0 Å². The number of hydrogen-bond acceptors (Lipinski definition) is 8. The first-order valence-electron chi connectivity index (χ1n) is 12.6. The highest BCUT2D eigenvalue weighted by atomic mass is 16.5. The highest BCUT2D eigenvalue weighted by Gasteiger charge is 2.27. The Morgan fingerprint density at radius 3 is 2.73 bits per heavy atom. The van der Waals surface area contributed by atoms with Crippen molar-refractivity contribution in [3.05, 3.63) is 65.2 Å². The van der Waals surface area contributed by atoms with Crippen molar-refractivity contribution in [2.24, 2.45) is 7.05 Å². The van der Waals surface area contributed by atoms with Crippen LogP contribution < -0.4 is 10.6 Å². The van der Waals surface area contributed by atoms with Crippen LogP contribution in [0.4, 0.5) is 11.6 Å². The van der Waals surface area contributed by atoms with Gasteiger partial charge in [-0.15, -0.1) is 0 Å². The zero-order valence-corrected chi connectivity index (χ0v) is 21.9. The van der Waals surface area contributed by atoms with E-state index < -0.39 is 0 Å². The van der Waals surface area contributed by atoms with Crippen LogP contribution in [0.2, 0.25) is 0 Å². The zero-order valence-electron chi connectivity index (χ0n) is 21.9. The molecule has 0 bridgehead atoms. The van der Waals surface area contributed by atoms with Crippen LogP contribution in [-0.4, -0.2) is 35.8 Å². The topological polar surface area (TPSA) is 124 Å². The molecule has 0 saturated heterocycles. The molecular formula is C27H32N8O2. The lowest BCUT2D eigenvalue weighted by atomic mass is 9.95. The molecule has 1 aliphatic rings. The number of hydrogen-bond donors (Lipinski definition) is 2. The molecule has 1 amide bonds. The second-order valence-corrected chi connectivity index (χ2v) is 10.5. The average Bonchev–Trinajstić information content (AvgIpc) is 3.44. The highest BCUT2D eigenvalue weighted by Crippen LogP contribution is 2.32. The summed E-state index contributed by atoms with van der Waals surface area (Å²) in [6.07, 6.45) is 7.38. The lowest BCUT2D eigenvalue weighted by Crippen LogP contribution is -2.29. The van der Waals surface area contributed by atoms with Crippen LogP contribution in [0.1, 0.15) is 79.4 Å². The molecule has 0 aliphatic heterocycles. The second kappa shape index (κ2) is 9.76. The van der Waals surface area contributed by atoms with Gasteiger partial charge in [0.25, 0.3) is 11.7 Å². The maximum atomic E-state index is 13.0. The van der Waals surface area contributed by atoms with Gasteiger partial charge in [-0.1, -0.05) is 44.5 Å². The molecule has 0 spiro atoms. The fraction of sp³-hybridized carbons (Fsp3) is 0.407. The molecule has 2 N–H and O–H groups in total. The Kier molecular flexibility index (Phi) is 6.49. The molecule has 0 fully saturated rings. The number of aryl methyl sites for hydroxylation is 2. The monoisotopic (exact) mass is 500 g/mol. The van der Waals surface area contributed by atoms with E-state index in [1.54, 1.807) is 17.1 Å². The van der Waals surface area contributed by atoms with Crippen molar-refractivity contribution in [1.29, 1.82) is 0 Å². The quantitative estimate of drug-likeness (QED) is 0.374. The number of nitrogens with zero attached hydrogens (tertiary/aromatic N) is 6. The number of aromatic nitrogens is 6. The number of carbonyl (C=O) groups excluding carboxylic acids is 1. The molecule has 1 aliphatic carbocycles. The van der Waals surface area contributed by atoms with Gasteiger partial charge in [0, 0.05) is 24.2 Å². The van der Waals surface area contributed by atoms with Crippen molar-refractivity contribution in [3.63, 3.8) is 0 Å². The van der Waals surface area contributed by atoms with Crippen LogP contribution in [0.15, 0.2) is 41.2 Å². The Morgan fingerprint density at radius 2 is 2.00 bits per heavy atom. The molecule has 10 nitrogen and oxygen atoms in total. The van der Waals surface area contributed by atoms with E-state index in [-0.39, 0.29) is 23.2 Å². The van der Waals surface area contributed by atoms with Gasteiger partial charge in [-0.3, -0.25) is 9.48 Å². The average molecular weight is 501 g/mol. The number of rotatable bonds is 5. The number of benzene rings is 1. The van der Waals surface area contributed by atoms with E-state index in [4.69, 9.17) is 9.51 Å². The van der Waals surface area contributed by atoms with E-state index in [0.717, 1.165) is 53.9 Å². The molecule has 5 rings (SSSR count). The van der Waals surface area contributed by atoms with Gasteiger partial charge in [0.1, 0.15) is 0 Å². The Bertz CT molecular complexity index is 1430. The van der Waals surface area contributed by atoms with Crippen molar-refractivity contribution in [2.45, 2.75) is 64.8 Å². The summed E-state index contributed by atoms with van der Waals surface area (Å²) in [5.74, 6) is 0.708. The Balaban J connectivity index is 1.37. The third-order valence-electron chi connectivity index (χ3n) is 6.72. The van der Waals surface area contributed by atoms with Crippen LogP contribution >= 0.6 is 0 Å². The summed E-state index contributed by atoms with van der Waals surface area (Å²) < 4.78 is 7.11. The van der Waals surface area contributed by atoms with Gasteiger partial charge in [0.05, 0.1) is 29.3 Å². The van der Waals surface area contributed by atoms with E-state index in [9.17, 15) is 4.79 Å². The fourth-order valence-electron chi connectivity index (χ4n) is 4.46. The molecular weight excluding hydrogens is 468 g/mol. The largest absolute Gasteiger partial charge is 0.342 e. The lowest BCUT2D eigenvalue weighted by Gasteiger charge is -2.19. The van der Waals surface area contributed by atoms with E-state index >= 15 is 0 Å². The summed E-state index contributed by atoms with van der Waals surface area (Å²) in [6.45, 7) is 7.90. The summed E-state index contributed by atoms with van der Waals surface area (Å²) >= 11 is 0. The van der Waals surface area contributed by atoms with Gasteiger partial charge < -0.3 is 15.2 Å². The SMILES string of the molecule is Cc1c(Nc2nccc(-c3ccc4c(c3)CCCC[C@H]4NC(=O)c3noc(C(C)(C)C)n3)n2)cnn1C. The van der Waals surface area contributed by atoms with Crippen LogP contribution in [0, 0.1) is 6.92 Å². The molecule has 3 heterocycles. The van der Waals surface area contributed by atoms with Crippen molar-refractivity contribution in [2.75, 3.05) is 5.32 Å². The minimum atomic E-state index is -0.321. The normalized spacial score (nSPS) is 15.6. The molecule has 0 unspecified atom stereocenters. The Hall–Kier alpha value is -4.08. The molecule has 10 heteroatoms. The van der Waals surface area contributed by atoms with Gasteiger partial charge in [0.2, 0.25) is 11.8 Å². The van der Waals surface area contributed by atoms with Crippen LogP contribution in [0.3, 0.4) is 0 Å². The van der Waals surface area contributed by atoms with E-state index in [2.05, 4.69) is 49.1 Å². The molecule has 0 saturated carbocycles. The van der Waals surface area contributed by atoms with E-state index in [0.29, 0.717) is 11.8 Å². The Morgan fingerprint density at radius 1 is 1.16 bits per heavy atom. The Labute approximate surface area is 215 Å². The summed E-state index contributed by atoms with van der Waals surface area (Å²) in [7, 11) is 1.90. The summed E-state index contributed by atoms with van der Waals surface area (Å²) in [5.41, 5.74) is 5.72. The maximum Gasteiger partial charge on any atom is 0.293 e. The molecule has 0 radical (unpaired) electrons.